The van der Waals surface area contributed by atoms with Gasteiger partial charge in [-0.25, -0.2) is 18.4 Å². The molecule has 3 amide bonds. The Hall–Kier alpha value is -2.17. The Bertz CT molecular complexity index is 773. The number of nitrogens with zero attached hydrogens (tertiary/aromatic N) is 3. The number of anilines is 1. The van der Waals surface area contributed by atoms with E-state index in [0.717, 1.165) is 0 Å². The van der Waals surface area contributed by atoms with Gasteiger partial charge in [-0.3, -0.25) is 9.69 Å². The van der Waals surface area contributed by atoms with Crippen molar-refractivity contribution in [3.8, 4) is 0 Å². The number of nitrogens with two attached hydrogens (primary N) is 1. The number of sulfonamides is 1. The fourth-order valence-electron chi connectivity index (χ4n) is 2.75. The zero-order valence-electron chi connectivity index (χ0n) is 15.2. The molecule has 0 bridgehead atoms. The van der Waals surface area contributed by atoms with Crippen LogP contribution in [0.2, 0.25) is 0 Å². The summed E-state index contributed by atoms with van der Waals surface area (Å²) in [5.41, 5.74) is 0.370. The Balaban J connectivity index is 1.96. The van der Waals surface area contributed by atoms with Crippen LogP contribution < -0.4 is 10.5 Å². The molecule has 144 valence electrons. The molecule has 1 aromatic carbocycles. The molecule has 1 atom stereocenters. The highest BCUT2D eigenvalue weighted by Gasteiger charge is 2.28. The minimum atomic E-state index is -3.83. The number of piperazine rings is 1. The van der Waals surface area contributed by atoms with Gasteiger partial charge in [-0.15, -0.1) is 0 Å². The topological polar surface area (TPSA) is 116 Å². The van der Waals surface area contributed by atoms with E-state index in [1.165, 1.54) is 23.1 Å². The van der Waals surface area contributed by atoms with Crippen molar-refractivity contribution < 1.29 is 18.0 Å². The van der Waals surface area contributed by atoms with Crippen molar-refractivity contribution >= 4 is 27.6 Å². The van der Waals surface area contributed by atoms with Crippen LogP contribution in [-0.2, 0) is 14.8 Å². The Morgan fingerprint density at radius 1 is 1.19 bits per heavy atom. The van der Waals surface area contributed by atoms with Crippen LogP contribution in [0.25, 0.3) is 0 Å². The number of carbonyl (C=O) groups is 2. The van der Waals surface area contributed by atoms with Gasteiger partial charge in [0.15, 0.2) is 0 Å². The van der Waals surface area contributed by atoms with Gasteiger partial charge >= 0.3 is 6.03 Å². The van der Waals surface area contributed by atoms with Gasteiger partial charge < -0.3 is 15.1 Å². The molecule has 2 rings (SSSR count). The predicted octanol–water partition coefficient (Wildman–Crippen LogP) is -0.0398. The first kappa shape index (κ1) is 20.1. The van der Waals surface area contributed by atoms with Crippen molar-refractivity contribution in [2.45, 2.75) is 17.9 Å². The van der Waals surface area contributed by atoms with E-state index in [2.05, 4.69) is 5.32 Å². The molecule has 1 heterocycles. The number of carbonyl (C=O) groups excluding carboxylic acids is 2. The minimum absolute atomic E-state index is 0.0402. The van der Waals surface area contributed by atoms with Crippen LogP contribution in [-0.4, -0.2) is 81.4 Å². The molecule has 1 aromatic rings. The number of hydrogen-bond donors (Lipinski definition) is 2. The summed E-state index contributed by atoms with van der Waals surface area (Å²) in [5, 5.41) is 7.82. The summed E-state index contributed by atoms with van der Waals surface area (Å²) < 4.78 is 22.8. The maximum Gasteiger partial charge on any atom is 0.319 e. The van der Waals surface area contributed by atoms with Crippen LogP contribution in [0.1, 0.15) is 6.92 Å². The van der Waals surface area contributed by atoms with E-state index in [-0.39, 0.29) is 16.8 Å². The summed E-state index contributed by atoms with van der Waals surface area (Å²) in [6.07, 6.45) is 0. The highest BCUT2D eigenvalue weighted by molar-refractivity contribution is 7.89. The third-order valence-corrected chi connectivity index (χ3v) is 5.24. The van der Waals surface area contributed by atoms with Crippen molar-refractivity contribution in [2.24, 2.45) is 5.14 Å². The minimum Gasteiger partial charge on any atom is -0.331 e. The summed E-state index contributed by atoms with van der Waals surface area (Å²) >= 11 is 0. The second kappa shape index (κ2) is 8.02. The molecule has 10 heteroatoms. The van der Waals surface area contributed by atoms with Crippen molar-refractivity contribution in [1.82, 2.24) is 14.7 Å². The Labute approximate surface area is 153 Å². The van der Waals surface area contributed by atoms with E-state index >= 15 is 0 Å². The lowest BCUT2D eigenvalue weighted by atomic mass is 10.2. The molecule has 0 saturated carbocycles. The number of hydrogen-bond acceptors (Lipinski definition) is 5. The quantitative estimate of drug-likeness (QED) is 0.757. The summed E-state index contributed by atoms with van der Waals surface area (Å²) in [5.74, 6) is -0.246. The van der Waals surface area contributed by atoms with Crippen LogP contribution in [0, 0.1) is 0 Å². The lowest BCUT2D eigenvalue weighted by Crippen LogP contribution is -2.55. The lowest BCUT2D eigenvalue weighted by Gasteiger charge is -2.38. The van der Waals surface area contributed by atoms with Gasteiger partial charge in [0.25, 0.3) is 0 Å². The largest absolute Gasteiger partial charge is 0.331 e. The first-order chi connectivity index (χ1) is 12.1. The molecule has 1 aliphatic heterocycles. The number of primary sulfonamides is 1. The van der Waals surface area contributed by atoms with Crippen molar-refractivity contribution in [2.75, 3.05) is 45.6 Å². The van der Waals surface area contributed by atoms with Gasteiger partial charge in [0.2, 0.25) is 15.9 Å². The Kier molecular flexibility index (Phi) is 6.21. The third kappa shape index (κ3) is 4.93. The summed E-state index contributed by atoms with van der Waals surface area (Å²) in [7, 11) is -0.409. The first-order valence-electron chi connectivity index (χ1n) is 8.23. The van der Waals surface area contributed by atoms with Crippen molar-refractivity contribution in [3.05, 3.63) is 24.3 Å². The number of rotatable bonds is 4. The highest BCUT2D eigenvalue weighted by Crippen LogP contribution is 2.15. The lowest BCUT2D eigenvalue weighted by molar-refractivity contribution is -0.121. The average Bonchev–Trinajstić information content (AvgIpc) is 2.60. The Morgan fingerprint density at radius 3 is 2.35 bits per heavy atom. The number of benzene rings is 1. The summed E-state index contributed by atoms with van der Waals surface area (Å²) in [4.78, 5) is 29.6. The molecule has 3 N–H and O–H groups in total. The molecule has 1 unspecified atom stereocenters. The molecule has 0 spiro atoms. The van der Waals surface area contributed by atoms with E-state index in [9.17, 15) is 18.0 Å². The van der Waals surface area contributed by atoms with Gasteiger partial charge in [0, 0.05) is 46.0 Å². The van der Waals surface area contributed by atoms with E-state index in [4.69, 9.17) is 5.14 Å². The van der Waals surface area contributed by atoms with E-state index in [1.54, 1.807) is 32.0 Å². The second-order valence-electron chi connectivity index (χ2n) is 6.44. The first-order valence-corrected chi connectivity index (χ1v) is 9.78. The molecule has 1 fully saturated rings. The summed E-state index contributed by atoms with van der Waals surface area (Å²) in [6.45, 7) is 4.06. The van der Waals surface area contributed by atoms with Crippen LogP contribution in [0.5, 0.6) is 0 Å². The van der Waals surface area contributed by atoms with Gasteiger partial charge in [-0.2, -0.15) is 0 Å². The van der Waals surface area contributed by atoms with Gasteiger partial charge in [0.1, 0.15) is 0 Å². The number of urea groups is 1. The fourth-order valence-corrected chi connectivity index (χ4v) is 3.31. The smallest absolute Gasteiger partial charge is 0.319 e. The zero-order chi connectivity index (χ0) is 19.5. The maximum absolute atomic E-state index is 12.5. The molecule has 0 radical (unpaired) electrons. The summed E-state index contributed by atoms with van der Waals surface area (Å²) in [6, 6.07) is 5.37. The van der Waals surface area contributed by atoms with Crippen LogP contribution in [0.3, 0.4) is 0 Å². The maximum atomic E-state index is 12.5. The van der Waals surface area contributed by atoms with E-state index in [1.807, 2.05) is 4.90 Å². The highest BCUT2D eigenvalue weighted by atomic mass is 32.2. The number of amides is 3. The van der Waals surface area contributed by atoms with Crippen molar-refractivity contribution in [3.63, 3.8) is 0 Å². The Morgan fingerprint density at radius 2 is 1.81 bits per heavy atom. The van der Waals surface area contributed by atoms with Crippen LogP contribution in [0.15, 0.2) is 29.2 Å². The van der Waals surface area contributed by atoms with Gasteiger partial charge in [-0.05, 0) is 25.1 Å². The second-order valence-corrected chi connectivity index (χ2v) is 8.00. The van der Waals surface area contributed by atoms with Gasteiger partial charge in [0.05, 0.1) is 10.9 Å². The zero-order valence-corrected chi connectivity index (χ0v) is 16.0. The standard InChI is InChI=1S/C16H25N5O4S/c1-12(20-7-9-21(10-8-20)16(23)19(2)3)15(22)18-13-5-4-6-14(11-13)26(17,24)25/h4-6,11-12H,7-10H2,1-3H3,(H,18,22)(H2,17,24,25). The molecule has 0 aliphatic carbocycles. The third-order valence-electron chi connectivity index (χ3n) is 4.32. The molecule has 1 saturated heterocycles. The van der Waals surface area contributed by atoms with Crippen molar-refractivity contribution in [1.29, 1.82) is 0 Å². The normalized spacial score (nSPS) is 16.8. The van der Waals surface area contributed by atoms with E-state index in [0.29, 0.717) is 31.9 Å². The number of nitrogens with one attached hydrogen (secondary N) is 1. The monoisotopic (exact) mass is 383 g/mol. The van der Waals surface area contributed by atoms with Crippen LogP contribution in [0.4, 0.5) is 10.5 Å². The average molecular weight is 383 g/mol. The molecule has 26 heavy (non-hydrogen) atoms. The predicted molar refractivity (Wildman–Crippen MR) is 98.1 cm³/mol. The SMILES string of the molecule is CC(C(=O)Nc1cccc(S(N)(=O)=O)c1)N1CCN(C(=O)N(C)C)CC1. The molecule has 0 aromatic heterocycles. The molecular formula is C16H25N5O4S. The van der Waals surface area contributed by atoms with Gasteiger partial charge in [-0.1, -0.05) is 6.07 Å². The van der Waals surface area contributed by atoms with E-state index < -0.39 is 16.1 Å². The molecule has 9 nitrogen and oxygen atoms in total. The van der Waals surface area contributed by atoms with Crippen LogP contribution >= 0.6 is 0 Å². The molecular weight excluding hydrogens is 358 g/mol. The molecule has 1 aliphatic rings. The fraction of sp³-hybridized carbons (Fsp3) is 0.500.